The minimum atomic E-state index is -4.78. The van der Waals surface area contributed by atoms with Gasteiger partial charge in [0.15, 0.2) is 0 Å². The molecule has 2 aliphatic rings. The standard InChI is InChI=1S/C20H28F3N5O6S/c21-20(22,23)19-25-15(11-16(26-19)28-8-2-4-14(28)18(30)31)27-9-6-13(7-10-27)3-1-5-17(29)24-12-35(32,33)34/h11,13-14H,1-10,12H2,(H,24,29)(H,30,31)(H,32,33,34). The minimum absolute atomic E-state index is 0.0507. The fourth-order valence-electron chi connectivity index (χ4n) is 4.42. The summed E-state index contributed by atoms with van der Waals surface area (Å²) in [6.07, 6.45) is -1.30. The predicted octanol–water partition coefficient (Wildman–Crippen LogP) is 1.90. The van der Waals surface area contributed by atoms with E-state index in [1.165, 1.54) is 11.0 Å². The molecule has 0 bridgehead atoms. The third-order valence-corrected chi connectivity index (χ3v) is 6.70. The highest BCUT2D eigenvalue weighted by Gasteiger charge is 2.38. The minimum Gasteiger partial charge on any atom is -0.480 e. The Bertz CT molecular complexity index is 1030. The summed E-state index contributed by atoms with van der Waals surface area (Å²) < 4.78 is 70.4. The first kappa shape index (κ1) is 26.9. The molecular weight excluding hydrogens is 495 g/mol. The molecular formula is C20H28F3N5O6S. The summed E-state index contributed by atoms with van der Waals surface area (Å²) in [5, 5.41) is 11.5. The third-order valence-electron chi connectivity index (χ3n) is 6.19. The molecule has 0 aliphatic carbocycles. The summed E-state index contributed by atoms with van der Waals surface area (Å²) in [4.78, 5) is 33.6. The molecule has 0 radical (unpaired) electrons. The number of aliphatic carboxylic acids is 1. The van der Waals surface area contributed by atoms with Crippen LogP contribution in [0.15, 0.2) is 6.07 Å². The van der Waals surface area contributed by atoms with E-state index in [2.05, 4.69) is 15.3 Å². The number of piperidine rings is 1. The molecule has 35 heavy (non-hydrogen) atoms. The van der Waals surface area contributed by atoms with Crippen LogP contribution in [0.5, 0.6) is 0 Å². The summed E-state index contributed by atoms with van der Waals surface area (Å²) in [6.45, 7) is 1.18. The normalized spacial score (nSPS) is 19.7. The highest BCUT2D eigenvalue weighted by atomic mass is 32.2. The lowest BCUT2D eigenvalue weighted by molar-refractivity contribution is -0.144. The van der Waals surface area contributed by atoms with Crippen molar-refractivity contribution in [2.75, 3.05) is 35.3 Å². The second kappa shape index (κ2) is 10.9. The Balaban J connectivity index is 1.60. The van der Waals surface area contributed by atoms with E-state index in [0.29, 0.717) is 58.2 Å². The van der Waals surface area contributed by atoms with E-state index in [4.69, 9.17) is 4.55 Å². The Kier molecular flexibility index (Phi) is 8.41. The van der Waals surface area contributed by atoms with E-state index in [9.17, 15) is 36.3 Å². The van der Waals surface area contributed by atoms with Crippen LogP contribution in [-0.2, 0) is 25.9 Å². The molecule has 196 valence electrons. The predicted molar refractivity (Wildman–Crippen MR) is 118 cm³/mol. The van der Waals surface area contributed by atoms with E-state index in [0.717, 1.165) is 0 Å². The van der Waals surface area contributed by atoms with Crippen LogP contribution in [0.4, 0.5) is 24.8 Å². The van der Waals surface area contributed by atoms with E-state index < -0.39 is 45.9 Å². The molecule has 3 heterocycles. The summed E-state index contributed by atoms with van der Waals surface area (Å²) in [5.41, 5.74) is 0. The quantitative estimate of drug-likeness (QED) is 0.409. The number of nitrogens with one attached hydrogen (secondary N) is 1. The van der Waals surface area contributed by atoms with Gasteiger partial charge in [0.1, 0.15) is 23.6 Å². The van der Waals surface area contributed by atoms with Crippen molar-refractivity contribution < 1.29 is 40.8 Å². The zero-order valence-electron chi connectivity index (χ0n) is 18.9. The first-order chi connectivity index (χ1) is 16.3. The highest BCUT2D eigenvalue weighted by molar-refractivity contribution is 7.85. The molecule has 3 N–H and O–H groups in total. The lowest BCUT2D eigenvalue weighted by Crippen LogP contribution is -2.38. The second-order valence-electron chi connectivity index (χ2n) is 8.74. The van der Waals surface area contributed by atoms with Gasteiger partial charge in [-0.05, 0) is 44.4 Å². The SMILES string of the molecule is O=C(CCCC1CCN(c2cc(N3CCCC3C(=O)O)nc(C(F)(F)F)n2)CC1)NCS(=O)(=O)O. The number of amides is 1. The molecule has 15 heteroatoms. The summed E-state index contributed by atoms with van der Waals surface area (Å²) in [7, 11) is -4.28. The number of halogens is 3. The number of nitrogens with zero attached hydrogens (tertiary/aromatic N) is 4. The van der Waals surface area contributed by atoms with E-state index in [-0.39, 0.29) is 24.0 Å². The first-order valence-corrected chi connectivity index (χ1v) is 12.9. The lowest BCUT2D eigenvalue weighted by Gasteiger charge is -2.34. The van der Waals surface area contributed by atoms with Crippen LogP contribution in [-0.4, -0.2) is 71.5 Å². The van der Waals surface area contributed by atoms with Crippen LogP contribution in [0.1, 0.15) is 50.8 Å². The average molecular weight is 524 g/mol. The van der Waals surface area contributed by atoms with Gasteiger partial charge in [-0.1, -0.05) is 0 Å². The topological polar surface area (TPSA) is 153 Å². The summed E-state index contributed by atoms with van der Waals surface area (Å²) in [6, 6.07) is 0.482. The molecule has 0 spiro atoms. The molecule has 11 nitrogen and oxygen atoms in total. The fraction of sp³-hybridized carbons (Fsp3) is 0.700. The molecule has 0 aromatic carbocycles. The number of carboxylic acids is 1. The van der Waals surface area contributed by atoms with Crippen molar-refractivity contribution in [1.82, 2.24) is 15.3 Å². The molecule has 1 aromatic heterocycles. The van der Waals surface area contributed by atoms with Crippen molar-refractivity contribution in [3.63, 3.8) is 0 Å². The van der Waals surface area contributed by atoms with Crippen molar-refractivity contribution in [2.24, 2.45) is 5.92 Å². The Morgan fingerprint density at radius 3 is 2.37 bits per heavy atom. The van der Waals surface area contributed by atoms with Crippen LogP contribution in [0.3, 0.4) is 0 Å². The Morgan fingerprint density at radius 1 is 1.11 bits per heavy atom. The largest absolute Gasteiger partial charge is 0.480 e. The van der Waals surface area contributed by atoms with Gasteiger partial charge in [-0.2, -0.15) is 21.6 Å². The summed E-state index contributed by atoms with van der Waals surface area (Å²) >= 11 is 0. The van der Waals surface area contributed by atoms with E-state index in [1.807, 2.05) is 0 Å². The number of rotatable bonds is 9. The molecule has 2 saturated heterocycles. The van der Waals surface area contributed by atoms with Gasteiger partial charge in [0.2, 0.25) is 11.7 Å². The molecule has 1 amide bonds. The number of hydrogen-bond donors (Lipinski definition) is 3. The van der Waals surface area contributed by atoms with Crippen molar-refractivity contribution >= 4 is 33.6 Å². The van der Waals surface area contributed by atoms with Gasteiger partial charge >= 0.3 is 12.1 Å². The number of alkyl halides is 3. The molecule has 2 fully saturated rings. The highest BCUT2D eigenvalue weighted by Crippen LogP contribution is 2.34. The van der Waals surface area contributed by atoms with Crippen LogP contribution >= 0.6 is 0 Å². The number of carboxylic acid groups (broad SMARTS) is 1. The van der Waals surface area contributed by atoms with Crippen LogP contribution in [0, 0.1) is 5.92 Å². The first-order valence-electron chi connectivity index (χ1n) is 11.3. The Hall–Kier alpha value is -2.68. The maximum Gasteiger partial charge on any atom is 0.451 e. The number of hydrogen-bond acceptors (Lipinski definition) is 8. The molecule has 2 aliphatic heterocycles. The Morgan fingerprint density at radius 2 is 1.77 bits per heavy atom. The van der Waals surface area contributed by atoms with Gasteiger partial charge in [0.25, 0.3) is 10.1 Å². The maximum absolute atomic E-state index is 13.5. The van der Waals surface area contributed by atoms with Crippen LogP contribution in [0.2, 0.25) is 0 Å². The molecule has 1 unspecified atom stereocenters. The van der Waals surface area contributed by atoms with Crippen molar-refractivity contribution in [2.45, 2.75) is 57.2 Å². The maximum atomic E-state index is 13.5. The van der Waals surface area contributed by atoms with Gasteiger partial charge in [-0.25, -0.2) is 14.8 Å². The van der Waals surface area contributed by atoms with Gasteiger partial charge in [-0.3, -0.25) is 9.35 Å². The monoisotopic (exact) mass is 523 g/mol. The third kappa shape index (κ3) is 7.65. The average Bonchev–Trinajstić information content (AvgIpc) is 3.27. The molecule has 3 rings (SSSR count). The zero-order chi connectivity index (χ0) is 25.8. The van der Waals surface area contributed by atoms with Crippen LogP contribution < -0.4 is 15.1 Å². The molecule has 1 aromatic rings. The number of anilines is 2. The van der Waals surface area contributed by atoms with Gasteiger partial charge in [0, 0.05) is 32.1 Å². The lowest BCUT2D eigenvalue weighted by atomic mass is 9.91. The smallest absolute Gasteiger partial charge is 0.451 e. The molecule has 1 atom stereocenters. The second-order valence-corrected chi connectivity index (χ2v) is 10.2. The van der Waals surface area contributed by atoms with Crippen molar-refractivity contribution in [3.05, 3.63) is 11.9 Å². The Labute approximate surface area is 200 Å². The fourth-order valence-corrected chi connectivity index (χ4v) is 4.76. The number of aromatic nitrogens is 2. The van der Waals surface area contributed by atoms with Crippen LogP contribution in [0.25, 0.3) is 0 Å². The molecule has 0 saturated carbocycles. The van der Waals surface area contributed by atoms with E-state index in [1.54, 1.807) is 4.90 Å². The van der Waals surface area contributed by atoms with Crippen molar-refractivity contribution in [1.29, 1.82) is 0 Å². The van der Waals surface area contributed by atoms with Crippen molar-refractivity contribution in [3.8, 4) is 0 Å². The summed E-state index contributed by atoms with van der Waals surface area (Å²) in [5.74, 6) is -3.46. The van der Waals surface area contributed by atoms with Gasteiger partial charge in [-0.15, -0.1) is 0 Å². The zero-order valence-corrected chi connectivity index (χ0v) is 19.7. The van der Waals surface area contributed by atoms with Gasteiger partial charge < -0.3 is 20.2 Å². The van der Waals surface area contributed by atoms with E-state index >= 15 is 0 Å². The van der Waals surface area contributed by atoms with Gasteiger partial charge in [0.05, 0.1) is 0 Å². The number of carbonyl (C=O) groups is 2. The number of carbonyl (C=O) groups excluding carboxylic acids is 1.